The fourth-order valence-electron chi connectivity index (χ4n) is 2.29. The maximum atomic E-state index is 5.90. The highest BCUT2D eigenvalue weighted by molar-refractivity contribution is 6.31. The maximum Gasteiger partial charge on any atom is 0.123 e. The largest absolute Gasteiger partial charge is 0.488 e. The molecule has 1 unspecified atom stereocenters. The van der Waals surface area contributed by atoms with Crippen molar-refractivity contribution in [3.63, 3.8) is 0 Å². The average Bonchev–Trinajstić information content (AvgIpc) is 2.80. The average molecular weight is 275 g/mol. The van der Waals surface area contributed by atoms with Crippen molar-refractivity contribution in [2.45, 2.75) is 12.5 Å². The third kappa shape index (κ3) is 2.61. The monoisotopic (exact) mass is 274 g/mol. The summed E-state index contributed by atoms with van der Waals surface area (Å²) in [5.74, 6) is 0.985. The summed E-state index contributed by atoms with van der Waals surface area (Å²) in [6, 6.07) is 13.6. The summed E-state index contributed by atoms with van der Waals surface area (Å²) in [5.41, 5.74) is 8.71. The summed E-state index contributed by atoms with van der Waals surface area (Å²) in [6.45, 7) is 0.723. The number of nitrogens with one attached hydrogen (secondary N) is 1. The third-order valence-corrected chi connectivity index (χ3v) is 3.48. The van der Waals surface area contributed by atoms with Gasteiger partial charge in [0.2, 0.25) is 0 Å². The van der Waals surface area contributed by atoms with Gasteiger partial charge in [-0.3, -0.25) is 0 Å². The zero-order chi connectivity index (χ0) is 13.2. The van der Waals surface area contributed by atoms with E-state index in [0.717, 1.165) is 24.4 Å². The molecular weight excluding hydrogens is 260 g/mol. The SMILES string of the molecule is Nc1cc(Cl)ccc1NCC1Cc2ccccc2O1. The Morgan fingerprint density at radius 2 is 2.11 bits per heavy atom. The van der Waals surface area contributed by atoms with Crippen LogP contribution in [0.2, 0.25) is 5.02 Å². The number of anilines is 2. The molecule has 0 amide bonds. The second-order valence-corrected chi connectivity index (χ2v) is 5.10. The first-order chi connectivity index (χ1) is 9.22. The van der Waals surface area contributed by atoms with Gasteiger partial charge in [0.05, 0.1) is 17.9 Å². The molecule has 19 heavy (non-hydrogen) atoms. The molecule has 3 N–H and O–H groups in total. The van der Waals surface area contributed by atoms with E-state index < -0.39 is 0 Å². The summed E-state index contributed by atoms with van der Waals surface area (Å²) >= 11 is 5.87. The Balaban J connectivity index is 1.63. The number of hydrogen-bond donors (Lipinski definition) is 2. The molecule has 0 aliphatic carbocycles. The van der Waals surface area contributed by atoms with Gasteiger partial charge < -0.3 is 15.8 Å². The quantitative estimate of drug-likeness (QED) is 0.844. The van der Waals surface area contributed by atoms with Gasteiger partial charge in [0.25, 0.3) is 0 Å². The maximum absolute atomic E-state index is 5.90. The van der Waals surface area contributed by atoms with Gasteiger partial charge in [0.15, 0.2) is 0 Å². The van der Waals surface area contributed by atoms with Crippen molar-refractivity contribution in [2.24, 2.45) is 0 Å². The summed E-state index contributed by atoms with van der Waals surface area (Å²) in [4.78, 5) is 0. The lowest BCUT2D eigenvalue weighted by atomic mass is 10.1. The van der Waals surface area contributed by atoms with E-state index in [1.807, 2.05) is 30.3 Å². The number of fused-ring (bicyclic) bond motifs is 1. The van der Waals surface area contributed by atoms with E-state index in [9.17, 15) is 0 Å². The second-order valence-electron chi connectivity index (χ2n) is 4.66. The Hall–Kier alpha value is -1.87. The van der Waals surface area contributed by atoms with Crippen molar-refractivity contribution in [2.75, 3.05) is 17.6 Å². The molecule has 1 heterocycles. The van der Waals surface area contributed by atoms with E-state index in [4.69, 9.17) is 22.1 Å². The molecule has 98 valence electrons. The lowest BCUT2D eigenvalue weighted by molar-refractivity contribution is 0.246. The fourth-order valence-corrected chi connectivity index (χ4v) is 2.47. The van der Waals surface area contributed by atoms with Crippen LogP contribution >= 0.6 is 11.6 Å². The van der Waals surface area contributed by atoms with E-state index in [0.29, 0.717) is 10.7 Å². The summed E-state index contributed by atoms with van der Waals surface area (Å²) < 4.78 is 5.86. The summed E-state index contributed by atoms with van der Waals surface area (Å²) in [7, 11) is 0. The first-order valence-corrected chi connectivity index (χ1v) is 6.63. The second kappa shape index (κ2) is 5.02. The molecule has 0 saturated heterocycles. The molecule has 0 fully saturated rings. The van der Waals surface area contributed by atoms with Crippen molar-refractivity contribution in [3.8, 4) is 5.75 Å². The topological polar surface area (TPSA) is 47.3 Å². The molecule has 4 heteroatoms. The zero-order valence-corrected chi connectivity index (χ0v) is 11.2. The Labute approximate surface area is 117 Å². The van der Waals surface area contributed by atoms with E-state index in [1.165, 1.54) is 5.56 Å². The lowest BCUT2D eigenvalue weighted by Crippen LogP contribution is -2.24. The minimum absolute atomic E-state index is 0.146. The van der Waals surface area contributed by atoms with Gasteiger partial charge in [0, 0.05) is 11.4 Å². The predicted octanol–water partition coefficient (Wildman–Crippen LogP) is 3.34. The normalized spacial score (nSPS) is 16.8. The lowest BCUT2D eigenvalue weighted by Gasteiger charge is -2.14. The molecule has 2 aromatic rings. The molecule has 0 aromatic heterocycles. The van der Waals surface area contributed by atoms with Crippen LogP contribution in [-0.4, -0.2) is 12.6 Å². The van der Waals surface area contributed by atoms with Gasteiger partial charge in [-0.1, -0.05) is 29.8 Å². The van der Waals surface area contributed by atoms with Crippen molar-refractivity contribution in [1.29, 1.82) is 0 Å². The summed E-state index contributed by atoms with van der Waals surface area (Å²) in [6.07, 6.45) is 1.07. The third-order valence-electron chi connectivity index (χ3n) is 3.25. The van der Waals surface area contributed by atoms with E-state index in [-0.39, 0.29) is 6.10 Å². The van der Waals surface area contributed by atoms with Crippen LogP contribution in [-0.2, 0) is 6.42 Å². The van der Waals surface area contributed by atoms with Gasteiger partial charge >= 0.3 is 0 Å². The molecule has 1 aliphatic rings. The molecule has 0 saturated carbocycles. The zero-order valence-electron chi connectivity index (χ0n) is 10.4. The van der Waals surface area contributed by atoms with Gasteiger partial charge in [-0.25, -0.2) is 0 Å². The van der Waals surface area contributed by atoms with Crippen molar-refractivity contribution < 1.29 is 4.74 Å². The molecule has 0 bridgehead atoms. The minimum Gasteiger partial charge on any atom is -0.488 e. The number of benzene rings is 2. The number of para-hydroxylation sites is 1. The predicted molar refractivity (Wildman–Crippen MR) is 78.9 cm³/mol. The van der Waals surface area contributed by atoms with Crippen LogP contribution in [0.5, 0.6) is 5.75 Å². The smallest absolute Gasteiger partial charge is 0.123 e. The molecule has 0 spiro atoms. The summed E-state index contributed by atoms with van der Waals surface area (Å²) in [5, 5.41) is 3.95. The number of ether oxygens (including phenoxy) is 1. The van der Waals surface area contributed by atoms with Crippen LogP contribution in [0.25, 0.3) is 0 Å². The number of hydrogen-bond acceptors (Lipinski definition) is 3. The van der Waals surface area contributed by atoms with Crippen molar-refractivity contribution >= 4 is 23.0 Å². The minimum atomic E-state index is 0.146. The van der Waals surface area contributed by atoms with Crippen LogP contribution in [0.1, 0.15) is 5.56 Å². The first-order valence-electron chi connectivity index (χ1n) is 6.26. The van der Waals surface area contributed by atoms with Crippen LogP contribution < -0.4 is 15.8 Å². The molecule has 2 aromatic carbocycles. The number of halogens is 1. The van der Waals surface area contributed by atoms with Crippen LogP contribution in [0.15, 0.2) is 42.5 Å². The highest BCUT2D eigenvalue weighted by Gasteiger charge is 2.21. The highest BCUT2D eigenvalue weighted by atomic mass is 35.5. The van der Waals surface area contributed by atoms with E-state index >= 15 is 0 Å². The molecule has 1 aliphatic heterocycles. The molecule has 3 rings (SSSR count). The van der Waals surface area contributed by atoms with Crippen molar-refractivity contribution in [3.05, 3.63) is 53.1 Å². The van der Waals surface area contributed by atoms with E-state index in [1.54, 1.807) is 6.07 Å². The number of nitrogens with two attached hydrogens (primary N) is 1. The fraction of sp³-hybridized carbons (Fsp3) is 0.200. The van der Waals surface area contributed by atoms with Crippen LogP contribution in [0.4, 0.5) is 11.4 Å². The number of nitrogen functional groups attached to an aromatic ring is 1. The molecule has 3 nitrogen and oxygen atoms in total. The van der Waals surface area contributed by atoms with Gasteiger partial charge in [-0.05, 0) is 29.8 Å². The Morgan fingerprint density at radius 1 is 1.26 bits per heavy atom. The van der Waals surface area contributed by atoms with Gasteiger partial charge in [-0.2, -0.15) is 0 Å². The van der Waals surface area contributed by atoms with Crippen LogP contribution in [0.3, 0.4) is 0 Å². The molecule has 0 radical (unpaired) electrons. The Kier molecular flexibility index (Phi) is 3.22. The Morgan fingerprint density at radius 3 is 2.89 bits per heavy atom. The van der Waals surface area contributed by atoms with Gasteiger partial charge in [-0.15, -0.1) is 0 Å². The van der Waals surface area contributed by atoms with Crippen molar-refractivity contribution in [1.82, 2.24) is 0 Å². The highest BCUT2D eigenvalue weighted by Crippen LogP contribution is 2.29. The Bertz CT molecular complexity index is 575. The van der Waals surface area contributed by atoms with E-state index in [2.05, 4.69) is 11.4 Å². The number of rotatable bonds is 3. The first kappa shape index (κ1) is 12.2. The molecule has 1 atom stereocenters. The van der Waals surface area contributed by atoms with Gasteiger partial charge in [0.1, 0.15) is 11.9 Å². The molecular formula is C15H15ClN2O. The standard InChI is InChI=1S/C15H15ClN2O/c16-11-5-6-14(13(17)8-11)18-9-12-7-10-3-1-2-4-15(10)19-12/h1-6,8,12,18H,7,9,17H2. The van der Waals surface area contributed by atoms with Crippen LogP contribution in [0, 0.1) is 0 Å².